The van der Waals surface area contributed by atoms with Crippen LogP contribution in [0.15, 0.2) is 75.9 Å². The third-order valence-electron chi connectivity index (χ3n) is 4.56. The second-order valence-corrected chi connectivity index (χ2v) is 7.34. The Labute approximate surface area is 181 Å². The molecule has 0 saturated carbocycles. The molecule has 1 N–H and O–H groups in total. The summed E-state index contributed by atoms with van der Waals surface area (Å²) in [6.45, 7) is 0. The van der Waals surface area contributed by atoms with Gasteiger partial charge in [-0.25, -0.2) is 0 Å². The van der Waals surface area contributed by atoms with Crippen molar-refractivity contribution in [3.05, 3.63) is 92.6 Å². The molecule has 3 aromatic carbocycles. The lowest BCUT2D eigenvalue weighted by molar-refractivity contribution is 0.102. The number of methoxy groups -OCH3 is 1. The summed E-state index contributed by atoms with van der Waals surface area (Å²) < 4.78 is 11.0. The van der Waals surface area contributed by atoms with E-state index < -0.39 is 5.91 Å². The van der Waals surface area contributed by atoms with E-state index in [1.165, 1.54) is 6.07 Å². The number of benzene rings is 3. The standard InChI is InChI=1S/C23H15Cl2NO4/c1-29-17-9-4-14(5-10-17)22(28)26-23-20(13-2-6-15(24)7-3-13)21(27)18-12-16(25)8-11-19(18)30-23/h2-12H,1H3,(H,26,28). The van der Waals surface area contributed by atoms with Gasteiger partial charge in [-0.3, -0.25) is 14.9 Å². The first-order valence-electron chi connectivity index (χ1n) is 8.94. The van der Waals surface area contributed by atoms with Gasteiger partial charge in [-0.05, 0) is 60.2 Å². The molecule has 1 heterocycles. The van der Waals surface area contributed by atoms with Crippen molar-refractivity contribution in [1.82, 2.24) is 0 Å². The molecule has 7 heteroatoms. The van der Waals surface area contributed by atoms with E-state index in [0.29, 0.717) is 37.9 Å². The Morgan fingerprint density at radius 1 is 0.933 bits per heavy atom. The summed E-state index contributed by atoms with van der Waals surface area (Å²) in [5.41, 5.74) is 1.15. The Morgan fingerprint density at radius 2 is 1.60 bits per heavy atom. The van der Waals surface area contributed by atoms with Crippen molar-refractivity contribution in [3.8, 4) is 16.9 Å². The van der Waals surface area contributed by atoms with Gasteiger partial charge in [-0.15, -0.1) is 0 Å². The number of carbonyl (C=O) groups is 1. The number of anilines is 1. The number of carbonyl (C=O) groups excluding carboxylic acids is 1. The van der Waals surface area contributed by atoms with Crippen LogP contribution in [0.2, 0.25) is 10.0 Å². The molecular weight excluding hydrogens is 425 g/mol. The maximum absolute atomic E-state index is 13.3. The van der Waals surface area contributed by atoms with Crippen molar-refractivity contribution < 1.29 is 13.9 Å². The summed E-state index contributed by atoms with van der Waals surface area (Å²) in [6.07, 6.45) is 0. The molecule has 1 amide bonds. The lowest BCUT2D eigenvalue weighted by atomic mass is 10.0. The lowest BCUT2D eigenvalue weighted by Crippen LogP contribution is -2.16. The molecule has 0 aliphatic rings. The van der Waals surface area contributed by atoms with Crippen LogP contribution in [0.3, 0.4) is 0 Å². The van der Waals surface area contributed by atoms with Crippen LogP contribution in [-0.4, -0.2) is 13.0 Å². The van der Waals surface area contributed by atoms with E-state index >= 15 is 0 Å². The predicted molar refractivity (Wildman–Crippen MR) is 119 cm³/mol. The molecule has 30 heavy (non-hydrogen) atoms. The molecule has 4 aromatic rings. The zero-order chi connectivity index (χ0) is 21.3. The van der Waals surface area contributed by atoms with Crippen LogP contribution in [-0.2, 0) is 0 Å². The van der Waals surface area contributed by atoms with Crippen molar-refractivity contribution >= 4 is 46.0 Å². The molecule has 4 rings (SSSR count). The van der Waals surface area contributed by atoms with Crippen molar-refractivity contribution in [1.29, 1.82) is 0 Å². The Balaban J connectivity index is 1.85. The highest BCUT2D eigenvalue weighted by molar-refractivity contribution is 6.31. The molecule has 0 spiro atoms. The van der Waals surface area contributed by atoms with Crippen LogP contribution in [0.1, 0.15) is 10.4 Å². The van der Waals surface area contributed by atoms with Crippen molar-refractivity contribution in [2.24, 2.45) is 0 Å². The van der Waals surface area contributed by atoms with Crippen LogP contribution >= 0.6 is 23.2 Å². The Hall–Kier alpha value is -3.28. The first-order valence-corrected chi connectivity index (χ1v) is 9.69. The number of halogens is 2. The van der Waals surface area contributed by atoms with Gasteiger partial charge in [-0.2, -0.15) is 0 Å². The number of nitrogens with one attached hydrogen (secondary N) is 1. The largest absolute Gasteiger partial charge is 0.497 e. The number of ether oxygens (including phenoxy) is 1. The van der Waals surface area contributed by atoms with Gasteiger partial charge in [0, 0.05) is 15.6 Å². The fourth-order valence-electron chi connectivity index (χ4n) is 3.05. The smallest absolute Gasteiger partial charge is 0.257 e. The van der Waals surface area contributed by atoms with Gasteiger partial charge >= 0.3 is 0 Å². The average Bonchev–Trinajstić information content (AvgIpc) is 2.75. The number of hydrogen-bond acceptors (Lipinski definition) is 4. The minimum Gasteiger partial charge on any atom is -0.497 e. The first kappa shape index (κ1) is 20.0. The Kier molecular flexibility index (Phi) is 5.48. The molecule has 0 atom stereocenters. The van der Waals surface area contributed by atoms with Crippen LogP contribution in [0.5, 0.6) is 5.75 Å². The van der Waals surface area contributed by atoms with Gasteiger partial charge in [0.05, 0.1) is 18.1 Å². The van der Waals surface area contributed by atoms with Crippen LogP contribution < -0.4 is 15.5 Å². The molecule has 0 unspecified atom stereocenters. The van der Waals surface area contributed by atoms with E-state index in [0.717, 1.165) is 0 Å². The van der Waals surface area contributed by atoms with E-state index in [-0.39, 0.29) is 16.9 Å². The zero-order valence-corrected chi connectivity index (χ0v) is 17.3. The quantitative estimate of drug-likeness (QED) is 0.421. The summed E-state index contributed by atoms with van der Waals surface area (Å²) >= 11 is 12.0. The van der Waals surface area contributed by atoms with Crippen molar-refractivity contribution in [2.45, 2.75) is 0 Å². The zero-order valence-electron chi connectivity index (χ0n) is 15.7. The van der Waals surface area contributed by atoms with E-state index in [1.54, 1.807) is 67.8 Å². The van der Waals surface area contributed by atoms with Gasteiger partial charge in [0.1, 0.15) is 11.3 Å². The van der Waals surface area contributed by atoms with Crippen LogP contribution in [0.4, 0.5) is 5.88 Å². The van der Waals surface area contributed by atoms with Crippen LogP contribution in [0, 0.1) is 0 Å². The Morgan fingerprint density at radius 3 is 2.27 bits per heavy atom. The fraction of sp³-hybridized carbons (Fsp3) is 0.0435. The van der Waals surface area contributed by atoms with E-state index in [2.05, 4.69) is 5.32 Å². The van der Waals surface area contributed by atoms with Gasteiger partial charge in [0.25, 0.3) is 5.91 Å². The van der Waals surface area contributed by atoms with E-state index in [9.17, 15) is 9.59 Å². The molecule has 0 aliphatic carbocycles. The van der Waals surface area contributed by atoms with Gasteiger partial charge in [-0.1, -0.05) is 35.3 Å². The number of rotatable bonds is 4. The van der Waals surface area contributed by atoms with Crippen molar-refractivity contribution in [3.63, 3.8) is 0 Å². The van der Waals surface area contributed by atoms with Crippen molar-refractivity contribution in [2.75, 3.05) is 12.4 Å². The lowest BCUT2D eigenvalue weighted by Gasteiger charge is -2.12. The molecule has 150 valence electrons. The molecule has 0 radical (unpaired) electrons. The summed E-state index contributed by atoms with van der Waals surface area (Å²) in [7, 11) is 1.55. The minimum atomic E-state index is -0.427. The molecular formula is C23H15Cl2NO4. The molecule has 0 saturated heterocycles. The molecule has 0 fully saturated rings. The Bertz CT molecular complexity index is 1300. The second kappa shape index (κ2) is 8.22. The van der Waals surface area contributed by atoms with Gasteiger partial charge < -0.3 is 9.15 Å². The third kappa shape index (κ3) is 3.90. The topological polar surface area (TPSA) is 68.5 Å². The highest BCUT2D eigenvalue weighted by Gasteiger charge is 2.19. The van der Waals surface area contributed by atoms with Crippen LogP contribution in [0.25, 0.3) is 22.1 Å². The molecule has 5 nitrogen and oxygen atoms in total. The van der Waals surface area contributed by atoms with Gasteiger partial charge in [0.2, 0.25) is 11.3 Å². The summed E-state index contributed by atoms with van der Waals surface area (Å²) in [4.78, 5) is 26.1. The number of fused-ring (bicyclic) bond motifs is 1. The number of amides is 1. The SMILES string of the molecule is COc1ccc(C(=O)Nc2oc3ccc(Cl)cc3c(=O)c2-c2ccc(Cl)cc2)cc1. The highest BCUT2D eigenvalue weighted by atomic mass is 35.5. The maximum Gasteiger partial charge on any atom is 0.257 e. The molecule has 0 aliphatic heterocycles. The first-order chi connectivity index (χ1) is 14.5. The second-order valence-electron chi connectivity index (χ2n) is 6.47. The monoisotopic (exact) mass is 439 g/mol. The fourth-order valence-corrected chi connectivity index (χ4v) is 3.35. The summed E-state index contributed by atoms with van der Waals surface area (Å²) in [6, 6.07) is 18.0. The van der Waals surface area contributed by atoms with E-state index in [1.807, 2.05) is 0 Å². The number of hydrogen-bond donors (Lipinski definition) is 1. The predicted octanol–water partition coefficient (Wildman–Crippen LogP) is 6.03. The molecule has 1 aromatic heterocycles. The average molecular weight is 440 g/mol. The normalized spacial score (nSPS) is 10.8. The van der Waals surface area contributed by atoms with Gasteiger partial charge in [0.15, 0.2) is 0 Å². The summed E-state index contributed by atoms with van der Waals surface area (Å²) in [5, 5.41) is 3.96. The molecule has 0 bridgehead atoms. The summed E-state index contributed by atoms with van der Waals surface area (Å²) in [5.74, 6) is 0.241. The highest BCUT2D eigenvalue weighted by Crippen LogP contribution is 2.31. The third-order valence-corrected chi connectivity index (χ3v) is 5.05. The minimum absolute atomic E-state index is 0.0398. The van der Waals surface area contributed by atoms with E-state index in [4.69, 9.17) is 32.4 Å². The maximum atomic E-state index is 13.3.